The molecule has 0 aliphatic rings. The first-order chi connectivity index (χ1) is 10.6. The lowest BCUT2D eigenvalue weighted by molar-refractivity contribution is 0.0527. The van der Waals surface area contributed by atoms with E-state index in [4.69, 9.17) is 9.88 Å². The molecule has 0 unspecified atom stereocenters. The number of hydrogen-bond donors (Lipinski definition) is 3. The van der Waals surface area contributed by atoms with Crippen molar-refractivity contribution in [3.05, 3.63) is 29.8 Å². The number of hydrogen-bond acceptors (Lipinski definition) is 5. The molecule has 0 aliphatic heterocycles. The van der Waals surface area contributed by atoms with Crippen LogP contribution in [-0.4, -0.2) is 33.2 Å². The number of rotatable bonds is 7. The second-order valence-corrected chi connectivity index (χ2v) is 7.71. The van der Waals surface area contributed by atoms with E-state index in [1.165, 1.54) is 12.1 Å². The van der Waals surface area contributed by atoms with Crippen LogP contribution in [0.15, 0.2) is 29.2 Å². The van der Waals surface area contributed by atoms with Gasteiger partial charge in [0.2, 0.25) is 10.0 Å². The van der Waals surface area contributed by atoms with Gasteiger partial charge in [-0.25, -0.2) is 18.4 Å². The molecule has 8 heteroatoms. The van der Waals surface area contributed by atoms with Gasteiger partial charge in [0.25, 0.3) is 0 Å². The zero-order valence-electron chi connectivity index (χ0n) is 13.8. The average Bonchev–Trinajstić information content (AvgIpc) is 2.40. The number of primary sulfonamides is 1. The molecule has 0 atom stereocenters. The Morgan fingerprint density at radius 1 is 1.17 bits per heavy atom. The fraction of sp³-hybridized carbons (Fsp3) is 0.533. The predicted molar refractivity (Wildman–Crippen MR) is 88.4 cm³/mol. The van der Waals surface area contributed by atoms with Gasteiger partial charge in [0.15, 0.2) is 0 Å². The van der Waals surface area contributed by atoms with Gasteiger partial charge in [-0.05, 0) is 51.4 Å². The van der Waals surface area contributed by atoms with Gasteiger partial charge in [-0.1, -0.05) is 12.1 Å². The van der Waals surface area contributed by atoms with Gasteiger partial charge in [-0.15, -0.1) is 0 Å². The van der Waals surface area contributed by atoms with E-state index in [2.05, 4.69) is 10.6 Å². The SMILES string of the molecule is CC(C)(C)OC(=O)NCCCNCc1ccc(S(N)(=O)=O)cc1. The Hall–Kier alpha value is -1.64. The summed E-state index contributed by atoms with van der Waals surface area (Å²) in [4.78, 5) is 11.5. The van der Waals surface area contributed by atoms with Gasteiger partial charge in [-0.2, -0.15) is 0 Å². The minimum atomic E-state index is -3.65. The van der Waals surface area contributed by atoms with E-state index >= 15 is 0 Å². The largest absolute Gasteiger partial charge is 0.444 e. The van der Waals surface area contributed by atoms with E-state index in [1.54, 1.807) is 12.1 Å². The molecule has 0 fully saturated rings. The minimum absolute atomic E-state index is 0.0998. The molecule has 4 N–H and O–H groups in total. The van der Waals surface area contributed by atoms with Gasteiger partial charge in [0, 0.05) is 13.1 Å². The number of sulfonamides is 1. The molecule has 0 bridgehead atoms. The Balaban J connectivity index is 2.19. The molecule has 23 heavy (non-hydrogen) atoms. The predicted octanol–water partition coefficient (Wildman–Crippen LogP) is 1.34. The summed E-state index contributed by atoms with van der Waals surface area (Å²) in [5.74, 6) is 0. The number of amides is 1. The summed E-state index contributed by atoms with van der Waals surface area (Å²) in [6, 6.07) is 6.39. The van der Waals surface area contributed by atoms with Crippen molar-refractivity contribution in [2.75, 3.05) is 13.1 Å². The van der Waals surface area contributed by atoms with E-state index in [-0.39, 0.29) is 4.90 Å². The Labute approximate surface area is 137 Å². The van der Waals surface area contributed by atoms with Crippen LogP contribution in [0.3, 0.4) is 0 Å². The van der Waals surface area contributed by atoms with E-state index in [9.17, 15) is 13.2 Å². The summed E-state index contributed by atoms with van der Waals surface area (Å²) in [5, 5.41) is 10.9. The highest BCUT2D eigenvalue weighted by Crippen LogP contribution is 2.08. The van der Waals surface area contributed by atoms with Crippen LogP contribution in [0.5, 0.6) is 0 Å². The van der Waals surface area contributed by atoms with Crippen LogP contribution < -0.4 is 15.8 Å². The summed E-state index contributed by atoms with van der Waals surface area (Å²) >= 11 is 0. The Morgan fingerprint density at radius 3 is 2.30 bits per heavy atom. The molecule has 0 aliphatic carbocycles. The second kappa shape index (κ2) is 8.28. The zero-order valence-corrected chi connectivity index (χ0v) is 14.6. The summed E-state index contributed by atoms with van der Waals surface area (Å²) in [5.41, 5.74) is 0.461. The number of carbonyl (C=O) groups excluding carboxylic acids is 1. The van der Waals surface area contributed by atoms with Crippen LogP contribution in [0.1, 0.15) is 32.8 Å². The van der Waals surface area contributed by atoms with Crippen LogP contribution in [0.25, 0.3) is 0 Å². The first kappa shape index (κ1) is 19.4. The Morgan fingerprint density at radius 2 is 1.78 bits per heavy atom. The molecule has 0 heterocycles. The summed E-state index contributed by atoms with van der Waals surface area (Å²) in [7, 11) is -3.65. The number of nitrogens with one attached hydrogen (secondary N) is 2. The summed E-state index contributed by atoms with van der Waals surface area (Å²) in [6.07, 6.45) is 0.338. The smallest absolute Gasteiger partial charge is 0.407 e. The highest BCUT2D eigenvalue weighted by molar-refractivity contribution is 7.89. The number of nitrogens with two attached hydrogens (primary N) is 1. The third-order valence-electron chi connectivity index (χ3n) is 2.78. The number of ether oxygens (including phenoxy) is 1. The van der Waals surface area contributed by atoms with Gasteiger partial charge < -0.3 is 15.4 Å². The molecular formula is C15H25N3O4S. The molecule has 1 aromatic rings. The molecule has 1 aromatic carbocycles. The maximum Gasteiger partial charge on any atom is 0.407 e. The average molecular weight is 343 g/mol. The molecular weight excluding hydrogens is 318 g/mol. The van der Waals surface area contributed by atoms with Crippen molar-refractivity contribution in [1.29, 1.82) is 0 Å². The van der Waals surface area contributed by atoms with Gasteiger partial charge in [-0.3, -0.25) is 0 Å². The molecule has 0 aromatic heterocycles. The van der Waals surface area contributed by atoms with Crippen molar-refractivity contribution in [2.24, 2.45) is 5.14 Å². The van der Waals surface area contributed by atoms with Crippen molar-refractivity contribution in [1.82, 2.24) is 10.6 Å². The van der Waals surface area contributed by atoms with Gasteiger partial charge in [0.1, 0.15) is 5.60 Å². The second-order valence-electron chi connectivity index (χ2n) is 6.15. The van der Waals surface area contributed by atoms with E-state index < -0.39 is 21.7 Å². The van der Waals surface area contributed by atoms with E-state index in [0.29, 0.717) is 19.6 Å². The minimum Gasteiger partial charge on any atom is -0.444 e. The maximum atomic E-state index is 11.4. The molecule has 1 amide bonds. The molecule has 0 saturated carbocycles. The Bertz CT molecular complexity index is 607. The van der Waals surface area contributed by atoms with Crippen LogP contribution in [0.2, 0.25) is 0 Å². The van der Waals surface area contributed by atoms with Crippen LogP contribution in [-0.2, 0) is 21.3 Å². The monoisotopic (exact) mass is 343 g/mol. The molecule has 0 spiro atoms. The van der Waals surface area contributed by atoms with E-state index in [0.717, 1.165) is 12.0 Å². The van der Waals surface area contributed by atoms with Crippen LogP contribution in [0.4, 0.5) is 4.79 Å². The molecule has 0 radical (unpaired) electrons. The highest BCUT2D eigenvalue weighted by atomic mass is 32.2. The fourth-order valence-electron chi connectivity index (χ4n) is 1.75. The maximum absolute atomic E-state index is 11.4. The van der Waals surface area contributed by atoms with E-state index in [1.807, 2.05) is 20.8 Å². The number of carbonyl (C=O) groups is 1. The van der Waals surface area contributed by atoms with Crippen molar-refractivity contribution >= 4 is 16.1 Å². The Kier molecular flexibility index (Phi) is 6.99. The van der Waals surface area contributed by atoms with Crippen molar-refractivity contribution < 1.29 is 17.9 Å². The fourth-order valence-corrected chi connectivity index (χ4v) is 2.26. The normalized spacial score (nSPS) is 12.0. The lowest BCUT2D eigenvalue weighted by Crippen LogP contribution is -2.33. The highest BCUT2D eigenvalue weighted by Gasteiger charge is 2.15. The molecule has 130 valence electrons. The summed E-state index contributed by atoms with van der Waals surface area (Å²) < 4.78 is 27.4. The topological polar surface area (TPSA) is 111 Å². The third kappa shape index (κ3) is 8.53. The molecule has 0 saturated heterocycles. The van der Waals surface area contributed by atoms with Crippen LogP contribution in [0, 0.1) is 0 Å². The van der Waals surface area contributed by atoms with Gasteiger partial charge in [0.05, 0.1) is 4.90 Å². The molecule has 7 nitrogen and oxygen atoms in total. The van der Waals surface area contributed by atoms with Crippen LogP contribution >= 0.6 is 0 Å². The quantitative estimate of drug-likeness (QED) is 0.647. The number of alkyl carbamates (subject to hydrolysis) is 1. The zero-order chi connectivity index (χ0) is 17.5. The van der Waals surface area contributed by atoms with Crippen molar-refractivity contribution in [2.45, 2.75) is 44.2 Å². The van der Waals surface area contributed by atoms with Crippen molar-refractivity contribution in [3.8, 4) is 0 Å². The lowest BCUT2D eigenvalue weighted by atomic mass is 10.2. The third-order valence-corrected chi connectivity index (χ3v) is 3.71. The summed E-state index contributed by atoms with van der Waals surface area (Å²) in [6.45, 7) is 7.29. The first-order valence-electron chi connectivity index (χ1n) is 7.37. The standard InChI is InChI=1S/C15H25N3O4S/c1-15(2,3)22-14(19)18-10-4-9-17-11-12-5-7-13(8-6-12)23(16,20)21/h5-8,17H,4,9-11H2,1-3H3,(H,18,19)(H2,16,20,21). The lowest BCUT2D eigenvalue weighted by Gasteiger charge is -2.19. The number of benzene rings is 1. The van der Waals surface area contributed by atoms with Gasteiger partial charge >= 0.3 is 6.09 Å². The molecule has 1 rings (SSSR count). The first-order valence-corrected chi connectivity index (χ1v) is 8.92. The van der Waals surface area contributed by atoms with Crippen molar-refractivity contribution in [3.63, 3.8) is 0 Å².